The first-order valence-electron chi connectivity index (χ1n) is 6.28. The van der Waals surface area contributed by atoms with Crippen LogP contribution in [0.3, 0.4) is 0 Å². The van der Waals surface area contributed by atoms with Crippen LogP contribution in [-0.2, 0) is 0 Å². The number of nitrogens with one attached hydrogen (secondary N) is 1. The van der Waals surface area contributed by atoms with Gasteiger partial charge in [0.25, 0.3) is 0 Å². The monoisotopic (exact) mass is 287 g/mol. The molecule has 1 aromatic heterocycles. The lowest BCUT2D eigenvalue weighted by atomic mass is 9.98. The Morgan fingerprint density at radius 3 is 2.61 bits per heavy atom. The number of anilines is 1. The van der Waals surface area contributed by atoms with E-state index in [1.165, 1.54) is 19.4 Å². The van der Waals surface area contributed by atoms with E-state index >= 15 is 0 Å². The van der Waals surface area contributed by atoms with E-state index in [-0.39, 0.29) is 10.6 Å². The van der Waals surface area contributed by atoms with Gasteiger partial charge in [0, 0.05) is 18.6 Å². The van der Waals surface area contributed by atoms with Crippen molar-refractivity contribution in [3.05, 3.63) is 10.6 Å². The van der Waals surface area contributed by atoms with Crippen LogP contribution in [0.4, 0.5) is 5.95 Å². The molecule has 0 spiro atoms. The van der Waals surface area contributed by atoms with Gasteiger partial charge in [-0.15, -0.1) is 0 Å². The molecule has 0 aromatic carbocycles. The maximum atomic E-state index is 5.76. The third-order valence-corrected chi connectivity index (χ3v) is 4.07. The topological polar surface area (TPSA) is 53.9 Å². The second-order valence-electron chi connectivity index (χ2n) is 4.89. The van der Waals surface area contributed by atoms with Gasteiger partial charge in [-0.2, -0.15) is 15.0 Å². The maximum absolute atomic E-state index is 5.76. The molecule has 7 heteroatoms. The number of piperidine rings is 1. The Balaban J connectivity index is 1.65. The summed E-state index contributed by atoms with van der Waals surface area (Å²) in [6.45, 7) is 2.40. The molecule has 0 bridgehead atoms. The van der Waals surface area contributed by atoms with Crippen LogP contribution in [0.5, 0.6) is 0 Å². The Hall–Kier alpha value is -0.650. The van der Waals surface area contributed by atoms with Crippen molar-refractivity contribution in [2.24, 2.45) is 0 Å². The minimum Gasteiger partial charge on any atom is -0.351 e. The molecule has 2 saturated heterocycles. The number of hydrogen-bond donors (Lipinski definition) is 1. The fraction of sp³-hybridized carbons (Fsp3) is 0.727. The first kappa shape index (κ1) is 12.4. The first-order valence-corrected chi connectivity index (χ1v) is 7.04. The van der Waals surface area contributed by atoms with Crippen molar-refractivity contribution in [1.29, 1.82) is 0 Å². The smallest absolute Gasteiger partial charge is 0.228 e. The SMILES string of the molecule is Clc1nc(Cl)nc(NC2CCN3CCCC3C2)n1. The highest BCUT2D eigenvalue weighted by molar-refractivity contribution is 6.31. The van der Waals surface area contributed by atoms with E-state index in [9.17, 15) is 0 Å². The lowest BCUT2D eigenvalue weighted by Crippen LogP contribution is -2.43. The predicted molar refractivity (Wildman–Crippen MR) is 71.1 cm³/mol. The van der Waals surface area contributed by atoms with E-state index in [2.05, 4.69) is 25.2 Å². The first-order chi connectivity index (χ1) is 8.70. The van der Waals surface area contributed by atoms with Gasteiger partial charge in [-0.3, -0.25) is 0 Å². The normalized spacial score (nSPS) is 28.1. The number of fused-ring (bicyclic) bond motifs is 1. The summed E-state index contributed by atoms with van der Waals surface area (Å²) < 4.78 is 0. The summed E-state index contributed by atoms with van der Waals surface area (Å²) in [4.78, 5) is 14.4. The highest BCUT2D eigenvalue weighted by Crippen LogP contribution is 2.28. The van der Waals surface area contributed by atoms with Crippen LogP contribution in [0.2, 0.25) is 10.6 Å². The molecule has 0 radical (unpaired) electrons. The zero-order chi connectivity index (χ0) is 12.5. The highest BCUT2D eigenvalue weighted by atomic mass is 35.5. The number of aromatic nitrogens is 3. The van der Waals surface area contributed by atoms with Gasteiger partial charge in [0.1, 0.15) is 0 Å². The van der Waals surface area contributed by atoms with Crippen molar-refractivity contribution in [1.82, 2.24) is 19.9 Å². The van der Waals surface area contributed by atoms with Crippen molar-refractivity contribution in [2.45, 2.75) is 37.8 Å². The van der Waals surface area contributed by atoms with Crippen molar-refractivity contribution in [2.75, 3.05) is 18.4 Å². The van der Waals surface area contributed by atoms with E-state index in [4.69, 9.17) is 23.2 Å². The molecule has 2 aliphatic rings. The molecule has 18 heavy (non-hydrogen) atoms. The van der Waals surface area contributed by atoms with Crippen molar-refractivity contribution in [3.8, 4) is 0 Å². The molecule has 0 amide bonds. The quantitative estimate of drug-likeness (QED) is 0.904. The fourth-order valence-electron chi connectivity index (χ4n) is 2.93. The molecular weight excluding hydrogens is 273 g/mol. The summed E-state index contributed by atoms with van der Waals surface area (Å²) >= 11 is 11.5. The van der Waals surface area contributed by atoms with Crippen LogP contribution < -0.4 is 5.32 Å². The van der Waals surface area contributed by atoms with E-state index < -0.39 is 0 Å². The average molecular weight is 288 g/mol. The van der Waals surface area contributed by atoms with Gasteiger partial charge in [0.2, 0.25) is 16.5 Å². The lowest BCUT2D eigenvalue weighted by Gasteiger charge is -2.35. The molecule has 2 aliphatic heterocycles. The second-order valence-corrected chi connectivity index (χ2v) is 5.57. The number of nitrogens with zero attached hydrogens (tertiary/aromatic N) is 4. The third-order valence-electron chi connectivity index (χ3n) is 3.73. The summed E-state index contributed by atoms with van der Waals surface area (Å²) in [5.74, 6) is 0.483. The Labute approximate surface area is 116 Å². The fourth-order valence-corrected chi connectivity index (χ4v) is 3.29. The molecule has 0 saturated carbocycles. The minimum absolute atomic E-state index is 0.135. The second kappa shape index (κ2) is 5.15. The summed E-state index contributed by atoms with van der Waals surface area (Å²) in [5.41, 5.74) is 0. The van der Waals surface area contributed by atoms with E-state index in [0.29, 0.717) is 18.0 Å². The lowest BCUT2D eigenvalue weighted by molar-refractivity contribution is 0.188. The molecule has 2 unspecified atom stereocenters. The molecule has 0 aliphatic carbocycles. The summed E-state index contributed by atoms with van der Waals surface area (Å²) in [7, 11) is 0. The molecule has 2 fully saturated rings. The Kier molecular flexibility index (Phi) is 3.54. The maximum Gasteiger partial charge on any atom is 0.228 e. The van der Waals surface area contributed by atoms with Gasteiger partial charge in [0.15, 0.2) is 0 Å². The van der Waals surface area contributed by atoms with Gasteiger partial charge in [-0.1, -0.05) is 0 Å². The number of hydrogen-bond acceptors (Lipinski definition) is 5. The minimum atomic E-state index is 0.135. The van der Waals surface area contributed by atoms with Crippen LogP contribution in [0.15, 0.2) is 0 Å². The van der Waals surface area contributed by atoms with Crippen LogP contribution >= 0.6 is 23.2 Å². The van der Waals surface area contributed by atoms with Crippen LogP contribution in [0, 0.1) is 0 Å². The molecular formula is C11H15Cl2N5. The number of halogens is 2. The van der Waals surface area contributed by atoms with Crippen LogP contribution in [0.1, 0.15) is 25.7 Å². The van der Waals surface area contributed by atoms with Crippen molar-refractivity contribution >= 4 is 29.2 Å². The molecule has 3 rings (SSSR count). The van der Waals surface area contributed by atoms with Gasteiger partial charge in [-0.25, -0.2) is 0 Å². The Bertz CT molecular complexity index is 421. The third kappa shape index (κ3) is 2.68. The van der Waals surface area contributed by atoms with Gasteiger partial charge in [-0.05, 0) is 55.4 Å². The summed E-state index contributed by atoms with van der Waals surface area (Å²) in [6.07, 6.45) is 4.87. The van der Waals surface area contributed by atoms with Crippen molar-refractivity contribution in [3.63, 3.8) is 0 Å². The largest absolute Gasteiger partial charge is 0.351 e. The highest BCUT2D eigenvalue weighted by Gasteiger charge is 2.31. The average Bonchev–Trinajstić information content (AvgIpc) is 2.74. The Morgan fingerprint density at radius 1 is 1.06 bits per heavy atom. The molecule has 1 aromatic rings. The molecule has 98 valence electrons. The van der Waals surface area contributed by atoms with E-state index in [1.807, 2.05) is 0 Å². The molecule has 1 N–H and O–H groups in total. The van der Waals surface area contributed by atoms with Crippen LogP contribution in [-0.4, -0.2) is 45.0 Å². The summed E-state index contributed by atoms with van der Waals surface area (Å²) in [5, 5.41) is 3.59. The molecule has 5 nitrogen and oxygen atoms in total. The van der Waals surface area contributed by atoms with Crippen molar-refractivity contribution < 1.29 is 0 Å². The van der Waals surface area contributed by atoms with E-state index in [0.717, 1.165) is 19.4 Å². The predicted octanol–water partition coefficient (Wildman–Crippen LogP) is 2.22. The van der Waals surface area contributed by atoms with Gasteiger partial charge < -0.3 is 10.2 Å². The molecule has 3 heterocycles. The Morgan fingerprint density at radius 2 is 1.83 bits per heavy atom. The zero-order valence-electron chi connectivity index (χ0n) is 9.94. The number of rotatable bonds is 2. The molecule has 2 atom stereocenters. The van der Waals surface area contributed by atoms with Gasteiger partial charge >= 0.3 is 0 Å². The standard InChI is InChI=1S/C11H15Cl2N5/c12-9-15-10(13)17-11(16-9)14-7-3-5-18-4-1-2-8(18)6-7/h7-8H,1-6H2,(H,14,15,16,17). The van der Waals surface area contributed by atoms with Gasteiger partial charge in [0.05, 0.1) is 0 Å². The van der Waals surface area contributed by atoms with Crippen LogP contribution in [0.25, 0.3) is 0 Å². The summed E-state index contributed by atoms with van der Waals surface area (Å²) in [6, 6.07) is 1.11. The zero-order valence-corrected chi connectivity index (χ0v) is 11.5. The van der Waals surface area contributed by atoms with E-state index in [1.54, 1.807) is 0 Å².